The van der Waals surface area contributed by atoms with Gasteiger partial charge in [0, 0.05) is 6.54 Å². The van der Waals surface area contributed by atoms with Crippen molar-refractivity contribution < 1.29 is 13.6 Å². The maximum Gasteiger partial charge on any atom is 0.270 e. The molecule has 1 aromatic heterocycles. The fraction of sp³-hybridized carbons (Fsp3) is 0.0769. The normalized spacial score (nSPS) is 10.2. The number of carbonyl (C=O) groups is 1. The SMILES string of the molecule is Nc1ccc(C(=O)NCc2ccc(F)c(F)c2)nc1. The van der Waals surface area contributed by atoms with Crippen LogP contribution in [0.1, 0.15) is 16.1 Å². The molecule has 0 aliphatic carbocycles. The Kier molecular flexibility index (Phi) is 3.70. The highest BCUT2D eigenvalue weighted by Crippen LogP contribution is 2.08. The zero-order valence-corrected chi connectivity index (χ0v) is 9.86. The average Bonchev–Trinajstić information content (AvgIpc) is 2.40. The number of nitrogens with two attached hydrogens (primary N) is 1. The Balaban J connectivity index is 2.00. The van der Waals surface area contributed by atoms with Gasteiger partial charge in [0.25, 0.3) is 5.91 Å². The van der Waals surface area contributed by atoms with Crippen LogP contribution < -0.4 is 11.1 Å². The monoisotopic (exact) mass is 263 g/mol. The molecule has 6 heteroatoms. The maximum absolute atomic E-state index is 13.0. The minimum absolute atomic E-state index is 0.0854. The van der Waals surface area contributed by atoms with Gasteiger partial charge in [-0.2, -0.15) is 0 Å². The van der Waals surface area contributed by atoms with Gasteiger partial charge in [0.2, 0.25) is 0 Å². The van der Waals surface area contributed by atoms with Crippen molar-refractivity contribution in [2.24, 2.45) is 0 Å². The van der Waals surface area contributed by atoms with E-state index in [0.717, 1.165) is 12.1 Å². The zero-order chi connectivity index (χ0) is 13.8. The van der Waals surface area contributed by atoms with Crippen LogP contribution in [0, 0.1) is 11.6 Å². The lowest BCUT2D eigenvalue weighted by atomic mass is 10.2. The van der Waals surface area contributed by atoms with E-state index < -0.39 is 17.5 Å². The molecule has 3 N–H and O–H groups in total. The van der Waals surface area contributed by atoms with Gasteiger partial charge in [-0.3, -0.25) is 4.79 Å². The highest BCUT2D eigenvalue weighted by Gasteiger charge is 2.07. The Morgan fingerprint density at radius 1 is 1.21 bits per heavy atom. The first-order valence-corrected chi connectivity index (χ1v) is 5.50. The smallest absolute Gasteiger partial charge is 0.270 e. The predicted octanol–water partition coefficient (Wildman–Crippen LogP) is 1.87. The van der Waals surface area contributed by atoms with Crippen LogP contribution >= 0.6 is 0 Å². The first kappa shape index (κ1) is 12.9. The van der Waals surface area contributed by atoms with Gasteiger partial charge in [0.15, 0.2) is 11.6 Å². The Bertz CT molecular complexity index is 599. The predicted molar refractivity (Wildman–Crippen MR) is 66.2 cm³/mol. The summed E-state index contributed by atoms with van der Waals surface area (Å²) < 4.78 is 25.7. The summed E-state index contributed by atoms with van der Waals surface area (Å²) in [4.78, 5) is 15.5. The topological polar surface area (TPSA) is 68.0 Å². The third-order valence-corrected chi connectivity index (χ3v) is 2.46. The zero-order valence-electron chi connectivity index (χ0n) is 9.86. The van der Waals surface area contributed by atoms with Gasteiger partial charge in [-0.05, 0) is 29.8 Å². The fourth-order valence-electron chi connectivity index (χ4n) is 1.46. The molecule has 0 aliphatic heterocycles. The third-order valence-electron chi connectivity index (χ3n) is 2.46. The number of benzene rings is 1. The Morgan fingerprint density at radius 3 is 2.63 bits per heavy atom. The van der Waals surface area contributed by atoms with E-state index in [2.05, 4.69) is 10.3 Å². The first-order valence-electron chi connectivity index (χ1n) is 5.50. The molecule has 0 bridgehead atoms. The molecular weight excluding hydrogens is 252 g/mol. The number of carbonyl (C=O) groups excluding carboxylic acids is 1. The summed E-state index contributed by atoms with van der Waals surface area (Å²) in [5.74, 6) is -2.28. The van der Waals surface area contributed by atoms with Crippen LogP contribution in [0.3, 0.4) is 0 Å². The quantitative estimate of drug-likeness (QED) is 0.888. The number of nitrogens with zero attached hydrogens (tertiary/aromatic N) is 1. The summed E-state index contributed by atoms with van der Waals surface area (Å²) in [5.41, 5.74) is 6.57. The number of anilines is 1. The summed E-state index contributed by atoms with van der Waals surface area (Å²) in [6.07, 6.45) is 1.37. The lowest BCUT2D eigenvalue weighted by Crippen LogP contribution is -2.23. The van der Waals surface area contributed by atoms with Crippen molar-refractivity contribution in [2.45, 2.75) is 6.54 Å². The molecule has 0 radical (unpaired) electrons. The van der Waals surface area contributed by atoms with Gasteiger partial charge in [-0.25, -0.2) is 13.8 Å². The average molecular weight is 263 g/mol. The number of nitrogen functional groups attached to an aromatic ring is 1. The second-order valence-electron chi connectivity index (χ2n) is 3.91. The van der Waals surface area contributed by atoms with Crippen LogP contribution in [-0.2, 0) is 6.54 Å². The van der Waals surface area contributed by atoms with Gasteiger partial charge < -0.3 is 11.1 Å². The van der Waals surface area contributed by atoms with Crippen LogP contribution in [0.5, 0.6) is 0 Å². The summed E-state index contributed by atoms with van der Waals surface area (Å²) in [5, 5.41) is 2.55. The number of nitrogens with one attached hydrogen (secondary N) is 1. The fourth-order valence-corrected chi connectivity index (χ4v) is 1.46. The summed E-state index contributed by atoms with van der Waals surface area (Å²) >= 11 is 0. The van der Waals surface area contributed by atoms with Gasteiger partial charge in [0.1, 0.15) is 5.69 Å². The van der Waals surface area contributed by atoms with Crippen molar-refractivity contribution in [3.8, 4) is 0 Å². The second kappa shape index (κ2) is 5.43. The molecule has 0 saturated heterocycles. The van der Waals surface area contributed by atoms with Crippen LogP contribution in [0.15, 0.2) is 36.5 Å². The molecule has 4 nitrogen and oxygen atoms in total. The van der Waals surface area contributed by atoms with Gasteiger partial charge in [-0.1, -0.05) is 6.07 Å². The second-order valence-corrected chi connectivity index (χ2v) is 3.91. The summed E-state index contributed by atoms with van der Waals surface area (Å²) in [6, 6.07) is 6.48. The summed E-state index contributed by atoms with van der Waals surface area (Å²) in [6.45, 7) is 0.0854. The van der Waals surface area contributed by atoms with E-state index in [0.29, 0.717) is 11.3 Å². The molecule has 0 fully saturated rings. The van der Waals surface area contributed by atoms with Crippen LogP contribution in [0.2, 0.25) is 0 Å². The molecule has 0 unspecified atom stereocenters. The molecule has 0 atom stereocenters. The van der Waals surface area contributed by atoms with Crippen LogP contribution in [0.4, 0.5) is 14.5 Å². The Morgan fingerprint density at radius 2 is 2.00 bits per heavy atom. The van der Waals surface area contributed by atoms with E-state index >= 15 is 0 Å². The highest BCUT2D eigenvalue weighted by atomic mass is 19.2. The molecule has 1 amide bonds. The number of hydrogen-bond acceptors (Lipinski definition) is 3. The minimum Gasteiger partial charge on any atom is -0.397 e. The van der Waals surface area contributed by atoms with Gasteiger partial charge >= 0.3 is 0 Å². The lowest BCUT2D eigenvalue weighted by Gasteiger charge is -2.05. The van der Waals surface area contributed by atoms with E-state index in [1.165, 1.54) is 18.3 Å². The Labute approximate surface area is 108 Å². The number of halogens is 2. The largest absolute Gasteiger partial charge is 0.397 e. The maximum atomic E-state index is 13.0. The molecule has 1 aromatic carbocycles. The molecule has 0 aliphatic rings. The van der Waals surface area contributed by atoms with E-state index in [9.17, 15) is 13.6 Å². The van der Waals surface area contributed by atoms with Gasteiger partial charge in [0.05, 0.1) is 11.9 Å². The van der Waals surface area contributed by atoms with Crippen molar-refractivity contribution >= 4 is 11.6 Å². The van der Waals surface area contributed by atoms with Crippen LogP contribution in [0.25, 0.3) is 0 Å². The number of aromatic nitrogens is 1. The molecule has 0 saturated carbocycles. The lowest BCUT2D eigenvalue weighted by molar-refractivity contribution is 0.0946. The molecule has 2 aromatic rings. The van der Waals surface area contributed by atoms with Crippen molar-refractivity contribution in [1.82, 2.24) is 10.3 Å². The number of pyridine rings is 1. The number of rotatable bonds is 3. The third kappa shape index (κ3) is 3.25. The van der Waals surface area contributed by atoms with Gasteiger partial charge in [-0.15, -0.1) is 0 Å². The van der Waals surface area contributed by atoms with E-state index in [1.807, 2.05) is 0 Å². The molecule has 0 spiro atoms. The molecule has 98 valence electrons. The highest BCUT2D eigenvalue weighted by molar-refractivity contribution is 5.92. The molecule has 2 rings (SSSR count). The van der Waals surface area contributed by atoms with Crippen molar-refractivity contribution in [2.75, 3.05) is 5.73 Å². The van der Waals surface area contributed by atoms with Crippen LogP contribution in [-0.4, -0.2) is 10.9 Å². The minimum atomic E-state index is -0.947. The molecule has 1 heterocycles. The summed E-state index contributed by atoms with van der Waals surface area (Å²) in [7, 11) is 0. The van der Waals surface area contributed by atoms with Crippen molar-refractivity contribution in [1.29, 1.82) is 0 Å². The van der Waals surface area contributed by atoms with Crippen molar-refractivity contribution in [3.05, 3.63) is 59.4 Å². The van der Waals surface area contributed by atoms with E-state index in [1.54, 1.807) is 6.07 Å². The van der Waals surface area contributed by atoms with E-state index in [-0.39, 0.29) is 12.2 Å². The number of hydrogen-bond donors (Lipinski definition) is 2. The standard InChI is InChI=1S/C13H11F2N3O/c14-10-3-1-8(5-11(10)15)6-18-13(19)12-4-2-9(16)7-17-12/h1-5,7H,6,16H2,(H,18,19). The van der Waals surface area contributed by atoms with Crippen molar-refractivity contribution in [3.63, 3.8) is 0 Å². The van der Waals surface area contributed by atoms with E-state index in [4.69, 9.17) is 5.73 Å². The first-order chi connectivity index (χ1) is 9.06. The molecule has 19 heavy (non-hydrogen) atoms. The molecular formula is C13H11F2N3O. The Hall–Kier alpha value is -2.50. The number of amides is 1.